The van der Waals surface area contributed by atoms with Crippen molar-refractivity contribution in [2.75, 3.05) is 17.3 Å². The lowest BCUT2D eigenvalue weighted by atomic mass is 10.2. The maximum absolute atomic E-state index is 11.6. The summed E-state index contributed by atoms with van der Waals surface area (Å²) in [4.78, 5) is 15.5. The maximum Gasteiger partial charge on any atom is 0.228 e. The monoisotopic (exact) mass is 210 g/mol. The first-order valence-electron chi connectivity index (χ1n) is 4.44. The highest BCUT2D eigenvalue weighted by atomic mass is 32.2. The molecule has 1 amide bonds. The molecule has 3 nitrogen and oxygen atoms in total. The van der Waals surface area contributed by atoms with E-state index in [-0.39, 0.29) is 11.8 Å². The fourth-order valence-electron chi connectivity index (χ4n) is 1.03. The second-order valence-electron chi connectivity index (χ2n) is 3.09. The van der Waals surface area contributed by atoms with Gasteiger partial charge in [0.05, 0.1) is 11.9 Å². The number of thioether (sulfide) groups is 1. The van der Waals surface area contributed by atoms with Crippen molar-refractivity contribution in [3.63, 3.8) is 0 Å². The van der Waals surface area contributed by atoms with E-state index in [9.17, 15) is 4.79 Å². The third-order valence-corrected chi connectivity index (χ3v) is 2.63. The molecule has 0 saturated carbocycles. The lowest BCUT2D eigenvalue weighted by Gasteiger charge is -2.09. The molecule has 14 heavy (non-hydrogen) atoms. The predicted octanol–water partition coefficient (Wildman–Crippen LogP) is 2.02. The summed E-state index contributed by atoms with van der Waals surface area (Å²) in [6, 6.07) is 3.63. The highest BCUT2D eigenvalue weighted by Crippen LogP contribution is 2.09. The molecule has 1 atom stereocenters. The molecule has 1 N–H and O–H groups in total. The van der Waals surface area contributed by atoms with Crippen molar-refractivity contribution in [3.8, 4) is 0 Å². The quantitative estimate of drug-likeness (QED) is 0.826. The third kappa shape index (κ3) is 3.38. The van der Waals surface area contributed by atoms with Crippen molar-refractivity contribution in [2.24, 2.45) is 5.92 Å². The van der Waals surface area contributed by atoms with Gasteiger partial charge in [-0.05, 0) is 18.4 Å². The molecule has 0 bridgehead atoms. The van der Waals surface area contributed by atoms with Crippen molar-refractivity contribution in [2.45, 2.75) is 6.92 Å². The summed E-state index contributed by atoms with van der Waals surface area (Å²) in [5.74, 6) is 0.920. The van der Waals surface area contributed by atoms with Gasteiger partial charge in [-0.1, -0.05) is 6.92 Å². The molecule has 0 aliphatic heterocycles. The summed E-state index contributed by atoms with van der Waals surface area (Å²) < 4.78 is 0. The topological polar surface area (TPSA) is 42.0 Å². The van der Waals surface area contributed by atoms with Gasteiger partial charge in [-0.25, -0.2) is 0 Å². The summed E-state index contributed by atoms with van der Waals surface area (Å²) in [7, 11) is 0. The molecule has 4 heteroatoms. The predicted molar refractivity (Wildman–Crippen MR) is 60.4 cm³/mol. The fourth-order valence-corrected chi connectivity index (χ4v) is 1.68. The van der Waals surface area contributed by atoms with Crippen LogP contribution in [0.2, 0.25) is 0 Å². The molecule has 0 aliphatic rings. The lowest BCUT2D eigenvalue weighted by molar-refractivity contribution is -0.118. The first-order chi connectivity index (χ1) is 6.74. The minimum absolute atomic E-state index is 0.0326. The van der Waals surface area contributed by atoms with Gasteiger partial charge in [0.1, 0.15) is 0 Å². The smallest absolute Gasteiger partial charge is 0.228 e. The van der Waals surface area contributed by atoms with Crippen molar-refractivity contribution in [1.29, 1.82) is 0 Å². The minimum Gasteiger partial charge on any atom is -0.324 e. The Morgan fingerprint density at radius 3 is 3.07 bits per heavy atom. The van der Waals surface area contributed by atoms with Crippen LogP contribution in [0.15, 0.2) is 24.5 Å². The molecule has 0 saturated heterocycles. The molecule has 0 aliphatic carbocycles. The van der Waals surface area contributed by atoms with Crippen LogP contribution in [0.4, 0.5) is 5.69 Å². The number of anilines is 1. The van der Waals surface area contributed by atoms with Gasteiger partial charge in [0.2, 0.25) is 5.91 Å². The van der Waals surface area contributed by atoms with Crippen LogP contribution in [0.3, 0.4) is 0 Å². The van der Waals surface area contributed by atoms with Crippen LogP contribution >= 0.6 is 11.8 Å². The molecule has 1 aromatic heterocycles. The van der Waals surface area contributed by atoms with Gasteiger partial charge in [0.25, 0.3) is 0 Å². The molecule has 0 spiro atoms. The Morgan fingerprint density at radius 2 is 2.50 bits per heavy atom. The lowest BCUT2D eigenvalue weighted by Crippen LogP contribution is -2.22. The standard InChI is InChI=1S/C10H14N2OS/c1-8(7-14-2)10(13)12-9-4-3-5-11-6-9/h3-6,8H,7H2,1-2H3,(H,12,13)/t8-/m0/s1. The summed E-state index contributed by atoms with van der Waals surface area (Å²) in [5, 5.41) is 2.81. The van der Waals surface area contributed by atoms with E-state index in [2.05, 4.69) is 10.3 Å². The Labute approximate surface area is 88.3 Å². The summed E-state index contributed by atoms with van der Waals surface area (Å²) in [5.41, 5.74) is 0.755. The number of carbonyl (C=O) groups is 1. The first kappa shape index (κ1) is 11.0. The zero-order valence-corrected chi connectivity index (χ0v) is 9.17. The van der Waals surface area contributed by atoms with Gasteiger partial charge < -0.3 is 5.32 Å². The van der Waals surface area contributed by atoms with E-state index in [0.29, 0.717) is 0 Å². The number of nitrogens with zero attached hydrogens (tertiary/aromatic N) is 1. The van der Waals surface area contributed by atoms with E-state index in [1.807, 2.05) is 19.2 Å². The molecule has 1 aromatic rings. The van der Waals surface area contributed by atoms with Gasteiger partial charge in [0, 0.05) is 17.9 Å². The molecule has 0 aromatic carbocycles. The van der Waals surface area contributed by atoms with Crippen LogP contribution in [0.1, 0.15) is 6.92 Å². The van der Waals surface area contributed by atoms with Crippen LogP contribution in [0.25, 0.3) is 0 Å². The number of aromatic nitrogens is 1. The average molecular weight is 210 g/mol. The van der Waals surface area contributed by atoms with E-state index in [0.717, 1.165) is 11.4 Å². The Morgan fingerprint density at radius 1 is 1.71 bits per heavy atom. The van der Waals surface area contributed by atoms with Crippen LogP contribution in [-0.4, -0.2) is 22.9 Å². The molecule has 1 heterocycles. The number of hydrogen-bond acceptors (Lipinski definition) is 3. The molecule has 0 fully saturated rings. The third-order valence-electron chi connectivity index (χ3n) is 1.79. The molecule has 1 rings (SSSR count). The number of pyridine rings is 1. The highest BCUT2D eigenvalue weighted by Gasteiger charge is 2.11. The molecule has 0 unspecified atom stereocenters. The van der Waals surface area contributed by atoms with Crippen molar-refractivity contribution in [1.82, 2.24) is 4.98 Å². The van der Waals surface area contributed by atoms with E-state index < -0.39 is 0 Å². The number of hydrogen-bond donors (Lipinski definition) is 1. The van der Waals surface area contributed by atoms with Crippen LogP contribution in [-0.2, 0) is 4.79 Å². The van der Waals surface area contributed by atoms with E-state index in [1.54, 1.807) is 30.2 Å². The van der Waals surface area contributed by atoms with Crippen molar-refractivity contribution < 1.29 is 4.79 Å². The van der Waals surface area contributed by atoms with Crippen molar-refractivity contribution >= 4 is 23.4 Å². The first-order valence-corrected chi connectivity index (χ1v) is 5.83. The summed E-state index contributed by atoms with van der Waals surface area (Å²) in [6.07, 6.45) is 5.32. The summed E-state index contributed by atoms with van der Waals surface area (Å²) >= 11 is 1.67. The average Bonchev–Trinajstić information content (AvgIpc) is 2.19. The molecule has 0 radical (unpaired) electrons. The Balaban J connectivity index is 2.49. The molecular formula is C10H14N2OS. The minimum atomic E-state index is 0.0326. The van der Waals surface area contributed by atoms with Gasteiger partial charge in [0.15, 0.2) is 0 Å². The largest absolute Gasteiger partial charge is 0.324 e. The summed E-state index contributed by atoms with van der Waals surface area (Å²) in [6.45, 7) is 1.92. The second-order valence-corrected chi connectivity index (χ2v) is 4.00. The Bertz CT molecular complexity index is 289. The number of carbonyl (C=O) groups excluding carboxylic acids is 1. The second kappa shape index (κ2) is 5.65. The maximum atomic E-state index is 11.6. The van der Waals surface area contributed by atoms with Gasteiger partial charge in [-0.2, -0.15) is 11.8 Å². The Kier molecular flexibility index (Phi) is 4.46. The molecule has 76 valence electrons. The zero-order chi connectivity index (χ0) is 10.4. The van der Waals surface area contributed by atoms with E-state index in [1.165, 1.54) is 0 Å². The van der Waals surface area contributed by atoms with Crippen LogP contribution in [0, 0.1) is 5.92 Å². The van der Waals surface area contributed by atoms with Gasteiger partial charge in [-0.3, -0.25) is 9.78 Å². The van der Waals surface area contributed by atoms with Crippen LogP contribution < -0.4 is 5.32 Å². The van der Waals surface area contributed by atoms with Crippen molar-refractivity contribution in [3.05, 3.63) is 24.5 Å². The van der Waals surface area contributed by atoms with E-state index >= 15 is 0 Å². The SMILES string of the molecule is CSC[C@H](C)C(=O)Nc1cccnc1. The highest BCUT2D eigenvalue weighted by molar-refractivity contribution is 7.98. The van der Waals surface area contributed by atoms with Crippen LogP contribution in [0.5, 0.6) is 0 Å². The zero-order valence-electron chi connectivity index (χ0n) is 8.36. The number of nitrogens with one attached hydrogen (secondary N) is 1. The van der Waals surface area contributed by atoms with Gasteiger partial charge >= 0.3 is 0 Å². The number of amides is 1. The van der Waals surface area contributed by atoms with Gasteiger partial charge in [-0.15, -0.1) is 0 Å². The normalized spacial score (nSPS) is 12.1. The number of rotatable bonds is 4. The van der Waals surface area contributed by atoms with E-state index in [4.69, 9.17) is 0 Å². The molecular weight excluding hydrogens is 196 g/mol. The fraction of sp³-hybridized carbons (Fsp3) is 0.400. The Hall–Kier alpha value is -1.03.